The Morgan fingerprint density at radius 3 is 2.79 bits per heavy atom. The minimum Gasteiger partial charge on any atom is -0.341 e. The van der Waals surface area contributed by atoms with Gasteiger partial charge in [0.25, 0.3) is 0 Å². The van der Waals surface area contributed by atoms with E-state index in [1.807, 2.05) is 6.07 Å². The van der Waals surface area contributed by atoms with Crippen LogP contribution in [0.25, 0.3) is 0 Å². The van der Waals surface area contributed by atoms with Gasteiger partial charge in [0.1, 0.15) is 0 Å². The van der Waals surface area contributed by atoms with Crippen molar-refractivity contribution in [2.24, 2.45) is 0 Å². The Labute approximate surface area is 114 Å². The summed E-state index contributed by atoms with van der Waals surface area (Å²) in [5.74, 6) is 0.0410. The number of hydrogen-bond donors (Lipinski definition) is 0. The van der Waals surface area contributed by atoms with Crippen molar-refractivity contribution in [1.29, 1.82) is 5.26 Å². The summed E-state index contributed by atoms with van der Waals surface area (Å²) >= 11 is 0. The van der Waals surface area contributed by atoms with Crippen LogP contribution in [-0.4, -0.2) is 17.9 Å². The van der Waals surface area contributed by atoms with Crippen LogP contribution in [0.3, 0.4) is 0 Å². The number of carbonyl (C=O) groups is 1. The normalized spacial score (nSPS) is 13.5. The first-order chi connectivity index (χ1) is 9.20. The lowest BCUT2D eigenvalue weighted by Crippen LogP contribution is -2.25. The Morgan fingerprint density at radius 2 is 2.05 bits per heavy atom. The summed E-state index contributed by atoms with van der Waals surface area (Å²) in [4.78, 5) is 13.5. The molecular weight excluding hydrogens is 236 g/mol. The second-order valence-corrected chi connectivity index (χ2v) is 5.22. The molecule has 0 saturated carbocycles. The van der Waals surface area contributed by atoms with Gasteiger partial charge in [-0.05, 0) is 42.4 Å². The molecule has 0 fully saturated rings. The van der Waals surface area contributed by atoms with Crippen LogP contribution in [-0.2, 0) is 24.2 Å². The summed E-state index contributed by atoms with van der Waals surface area (Å²) in [7, 11) is 1.80. The van der Waals surface area contributed by atoms with Gasteiger partial charge in [-0.1, -0.05) is 18.2 Å². The Balaban J connectivity index is 1.99. The van der Waals surface area contributed by atoms with Crippen LogP contribution in [0.1, 0.15) is 42.4 Å². The van der Waals surface area contributed by atoms with Gasteiger partial charge < -0.3 is 4.90 Å². The molecule has 0 spiro atoms. The lowest BCUT2D eigenvalue weighted by Gasteiger charge is -2.20. The van der Waals surface area contributed by atoms with Crippen LogP contribution in [0, 0.1) is 11.3 Å². The summed E-state index contributed by atoms with van der Waals surface area (Å²) in [5, 5.41) is 8.50. The predicted molar refractivity (Wildman–Crippen MR) is 74.4 cm³/mol. The molecule has 0 bridgehead atoms. The fourth-order valence-corrected chi connectivity index (χ4v) is 2.60. The molecule has 3 heteroatoms. The highest BCUT2D eigenvalue weighted by Gasteiger charge is 2.12. The lowest BCUT2D eigenvalue weighted by atomic mass is 9.90. The van der Waals surface area contributed by atoms with Crippen molar-refractivity contribution < 1.29 is 4.79 Å². The van der Waals surface area contributed by atoms with E-state index < -0.39 is 0 Å². The van der Waals surface area contributed by atoms with Gasteiger partial charge in [0, 0.05) is 26.4 Å². The number of nitrogens with zero attached hydrogens (tertiary/aromatic N) is 2. The van der Waals surface area contributed by atoms with Crippen molar-refractivity contribution in [1.82, 2.24) is 4.90 Å². The SMILES string of the molecule is CN(Cc1ccc2c(c1)CCCC2)C(=O)CCC#N. The summed E-state index contributed by atoms with van der Waals surface area (Å²) in [6.45, 7) is 0.636. The topological polar surface area (TPSA) is 44.1 Å². The Hall–Kier alpha value is -1.82. The molecular formula is C16H20N2O. The maximum absolute atomic E-state index is 11.8. The van der Waals surface area contributed by atoms with E-state index in [9.17, 15) is 4.79 Å². The number of aryl methyl sites for hydroxylation is 2. The molecule has 0 saturated heterocycles. The van der Waals surface area contributed by atoms with Gasteiger partial charge in [0.05, 0.1) is 6.07 Å². The van der Waals surface area contributed by atoms with Gasteiger partial charge in [-0.25, -0.2) is 0 Å². The first kappa shape index (κ1) is 13.6. The van der Waals surface area contributed by atoms with Gasteiger partial charge in [-0.2, -0.15) is 5.26 Å². The molecule has 100 valence electrons. The largest absolute Gasteiger partial charge is 0.341 e. The second-order valence-electron chi connectivity index (χ2n) is 5.22. The van der Waals surface area contributed by atoms with Crippen molar-refractivity contribution in [3.63, 3.8) is 0 Å². The third-order valence-electron chi connectivity index (χ3n) is 3.71. The molecule has 19 heavy (non-hydrogen) atoms. The minimum absolute atomic E-state index is 0.0410. The van der Waals surface area contributed by atoms with E-state index in [1.54, 1.807) is 11.9 Å². The number of nitriles is 1. The predicted octanol–water partition coefficient (Wildman–Crippen LogP) is 2.83. The smallest absolute Gasteiger partial charge is 0.223 e. The number of rotatable bonds is 4. The van der Waals surface area contributed by atoms with Crippen LogP contribution < -0.4 is 0 Å². The first-order valence-electron chi connectivity index (χ1n) is 6.92. The number of benzene rings is 1. The Bertz CT molecular complexity index is 502. The van der Waals surface area contributed by atoms with Crippen molar-refractivity contribution in [2.75, 3.05) is 7.05 Å². The fraction of sp³-hybridized carbons (Fsp3) is 0.500. The van der Waals surface area contributed by atoms with Crippen molar-refractivity contribution in [3.8, 4) is 6.07 Å². The zero-order valence-electron chi connectivity index (χ0n) is 11.5. The molecule has 3 nitrogen and oxygen atoms in total. The molecule has 1 aliphatic carbocycles. The van der Waals surface area contributed by atoms with Crippen LogP contribution in [0.4, 0.5) is 0 Å². The summed E-state index contributed by atoms with van der Waals surface area (Å²) < 4.78 is 0. The molecule has 1 aliphatic rings. The lowest BCUT2D eigenvalue weighted by molar-refractivity contribution is -0.130. The van der Waals surface area contributed by atoms with Crippen LogP contribution in [0.5, 0.6) is 0 Å². The zero-order valence-corrected chi connectivity index (χ0v) is 11.5. The maximum atomic E-state index is 11.8. The monoisotopic (exact) mass is 256 g/mol. The number of hydrogen-bond acceptors (Lipinski definition) is 2. The number of amides is 1. The summed E-state index contributed by atoms with van der Waals surface area (Å²) in [6.07, 6.45) is 5.53. The zero-order chi connectivity index (χ0) is 13.7. The summed E-state index contributed by atoms with van der Waals surface area (Å²) in [5.41, 5.74) is 4.10. The third kappa shape index (κ3) is 3.57. The van der Waals surface area contributed by atoms with Crippen LogP contribution in [0.2, 0.25) is 0 Å². The quantitative estimate of drug-likeness (QED) is 0.831. The van der Waals surface area contributed by atoms with Crippen LogP contribution >= 0.6 is 0 Å². The molecule has 0 heterocycles. The molecule has 0 N–H and O–H groups in total. The maximum Gasteiger partial charge on any atom is 0.223 e. The van der Waals surface area contributed by atoms with Gasteiger partial charge in [0.2, 0.25) is 5.91 Å². The molecule has 0 unspecified atom stereocenters. The minimum atomic E-state index is 0.0410. The van der Waals surface area contributed by atoms with E-state index >= 15 is 0 Å². The molecule has 0 atom stereocenters. The van der Waals surface area contributed by atoms with Gasteiger partial charge in [-0.3, -0.25) is 4.79 Å². The molecule has 1 aromatic carbocycles. The van der Waals surface area contributed by atoms with Crippen molar-refractivity contribution >= 4 is 5.91 Å². The molecule has 0 aliphatic heterocycles. The van der Waals surface area contributed by atoms with E-state index in [-0.39, 0.29) is 5.91 Å². The molecule has 1 aromatic rings. The van der Waals surface area contributed by atoms with E-state index in [0.29, 0.717) is 19.4 Å². The van der Waals surface area contributed by atoms with Gasteiger partial charge in [-0.15, -0.1) is 0 Å². The second kappa shape index (κ2) is 6.38. The Kier molecular flexibility index (Phi) is 4.57. The third-order valence-corrected chi connectivity index (χ3v) is 3.71. The number of carbonyl (C=O) groups excluding carboxylic acids is 1. The standard InChI is InChI=1S/C16H20N2O/c1-18(16(19)7-4-10-17)12-13-8-9-14-5-2-3-6-15(14)11-13/h8-9,11H,2-7,12H2,1H3. The fourth-order valence-electron chi connectivity index (χ4n) is 2.60. The number of fused-ring (bicyclic) bond motifs is 1. The molecule has 1 amide bonds. The highest BCUT2D eigenvalue weighted by molar-refractivity contribution is 5.76. The van der Waals surface area contributed by atoms with Crippen molar-refractivity contribution in [2.45, 2.75) is 45.1 Å². The van der Waals surface area contributed by atoms with E-state index in [1.165, 1.54) is 36.0 Å². The van der Waals surface area contributed by atoms with Crippen LogP contribution in [0.15, 0.2) is 18.2 Å². The molecule has 0 radical (unpaired) electrons. The highest BCUT2D eigenvalue weighted by atomic mass is 16.2. The van der Waals surface area contributed by atoms with Gasteiger partial charge >= 0.3 is 0 Å². The highest BCUT2D eigenvalue weighted by Crippen LogP contribution is 2.22. The summed E-state index contributed by atoms with van der Waals surface area (Å²) in [6, 6.07) is 8.58. The average Bonchev–Trinajstić information content (AvgIpc) is 2.44. The molecule has 2 rings (SSSR count). The van der Waals surface area contributed by atoms with E-state index in [0.717, 1.165) is 6.42 Å². The Morgan fingerprint density at radius 1 is 1.32 bits per heavy atom. The average molecular weight is 256 g/mol. The first-order valence-corrected chi connectivity index (χ1v) is 6.92. The van der Waals surface area contributed by atoms with Crippen molar-refractivity contribution in [3.05, 3.63) is 34.9 Å². The van der Waals surface area contributed by atoms with Gasteiger partial charge in [0.15, 0.2) is 0 Å². The van der Waals surface area contributed by atoms with E-state index in [2.05, 4.69) is 18.2 Å². The molecule has 0 aromatic heterocycles. The van der Waals surface area contributed by atoms with E-state index in [4.69, 9.17) is 5.26 Å².